The minimum Gasteiger partial charge on any atom is -0.493 e. The average Bonchev–Trinajstić information content (AvgIpc) is 3.08. The lowest BCUT2D eigenvalue weighted by molar-refractivity contribution is -0.0768. The number of methoxy groups -OCH3 is 2. The van der Waals surface area contributed by atoms with E-state index in [1.165, 1.54) is 31.4 Å². The van der Waals surface area contributed by atoms with E-state index >= 15 is 0 Å². The van der Waals surface area contributed by atoms with Gasteiger partial charge in [0.2, 0.25) is 5.75 Å². The van der Waals surface area contributed by atoms with Crippen LogP contribution >= 0.6 is 0 Å². The number of hydroxylamine groups is 2. The molecule has 0 unspecified atom stereocenters. The first kappa shape index (κ1) is 16.9. The zero-order valence-electron chi connectivity index (χ0n) is 13.3. The fraction of sp³-hybridized carbons (Fsp3) is 0.467. The molecule has 0 saturated carbocycles. The van der Waals surface area contributed by atoms with Crippen LogP contribution in [0, 0.1) is 0 Å². The normalized spacial score (nSPS) is 13.6. The zero-order valence-corrected chi connectivity index (χ0v) is 13.3. The minimum absolute atomic E-state index is 0.0485. The fourth-order valence-electron chi connectivity index (χ4n) is 2.09. The van der Waals surface area contributed by atoms with Crippen LogP contribution in [0.5, 0.6) is 17.2 Å². The van der Waals surface area contributed by atoms with Crippen LogP contribution in [-0.2, 0) is 9.57 Å². The molecule has 1 heterocycles. The third-order valence-corrected chi connectivity index (χ3v) is 3.13. The summed E-state index contributed by atoms with van der Waals surface area (Å²) in [6, 6.07) is 2.92. The highest BCUT2D eigenvalue weighted by molar-refractivity contribution is 5.95. The van der Waals surface area contributed by atoms with Gasteiger partial charge in [-0.15, -0.1) is 0 Å². The Labute approximate surface area is 133 Å². The van der Waals surface area contributed by atoms with Crippen LogP contribution in [0.2, 0.25) is 0 Å². The third-order valence-electron chi connectivity index (χ3n) is 3.13. The summed E-state index contributed by atoms with van der Waals surface area (Å²) >= 11 is 0. The van der Waals surface area contributed by atoms with Gasteiger partial charge in [0.1, 0.15) is 0 Å². The van der Waals surface area contributed by atoms with Gasteiger partial charge < -0.3 is 18.9 Å². The first-order valence-corrected chi connectivity index (χ1v) is 7.16. The quantitative estimate of drug-likeness (QED) is 0.605. The lowest BCUT2D eigenvalue weighted by Gasteiger charge is -2.17. The van der Waals surface area contributed by atoms with Crippen LogP contribution in [0.15, 0.2) is 12.1 Å². The molecule has 0 spiro atoms. The Kier molecular flexibility index (Phi) is 5.64. The molecule has 0 atom stereocenters. The van der Waals surface area contributed by atoms with Crippen LogP contribution in [0.25, 0.3) is 0 Å². The average molecular weight is 325 g/mol. The molecule has 1 aliphatic rings. The molecule has 8 heteroatoms. The van der Waals surface area contributed by atoms with Crippen molar-refractivity contribution in [3.63, 3.8) is 0 Å². The monoisotopic (exact) mass is 325 g/mol. The van der Waals surface area contributed by atoms with Crippen molar-refractivity contribution in [3.8, 4) is 17.2 Å². The lowest BCUT2D eigenvalue weighted by Crippen LogP contribution is -2.26. The number of carbonyl (C=O) groups excluding carboxylic acids is 2. The molecule has 1 aromatic carbocycles. The van der Waals surface area contributed by atoms with E-state index < -0.39 is 6.16 Å². The maximum atomic E-state index is 12.4. The Morgan fingerprint density at radius 1 is 1.22 bits per heavy atom. The van der Waals surface area contributed by atoms with Gasteiger partial charge in [-0.2, -0.15) is 0 Å². The molecule has 1 aromatic rings. The fourth-order valence-corrected chi connectivity index (χ4v) is 2.09. The summed E-state index contributed by atoms with van der Waals surface area (Å²) < 4.78 is 20.2. The van der Waals surface area contributed by atoms with Crippen LogP contribution < -0.4 is 14.2 Å². The summed E-state index contributed by atoms with van der Waals surface area (Å²) in [6.45, 7) is 2.86. The van der Waals surface area contributed by atoms with Crippen molar-refractivity contribution >= 4 is 12.1 Å². The number of carbonyl (C=O) groups is 2. The molecule has 1 saturated heterocycles. The molecule has 8 nitrogen and oxygen atoms in total. The first-order valence-electron chi connectivity index (χ1n) is 7.16. The highest BCUT2D eigenvalue weighted by Crippen LogP contribution is 2.39. The SMILES string of the molecule is CCOC(=O)Oc1c(OC)cc(C(=O)N2CCCO2)cc1OC. The molecule has 2 rings (SSSR count). The second-order valence-corrected chi connectivity index (χ2v) is 4.59. The van der Waals surface area contributed by atoms with E-state index in [1.807, 2.05) is 0 Å². The summed E-state index contributed by atoms with van der Waals surface area (Å²) in [5.41, 5.74) is 0.303. The molecule has 0 radical (unpaired) electrons. The number of nitrogens with zero attached hydrogens (tertiary/aromatic N) is 1. The van der Waals surface area contributed by atoms with Gasteiger partial charge in [-0.1, -0.05) is 0 Å². The highest BCUT2D eigenvalue weighted by Gasteiger charge is 2.25. The molecular formula is C15H19NO7. The van der Waals surface area contributed by atoms with Gasteiger partial charge in [0, 0.05) is 5.56 Å². The van der Waals surface area contributed by atoms with Gasteiger partial charge in [0.15, 0.2) is 11.5 Å². The van der Waals surface area contributed by atoms with Gasteiger partial charge in [0.05, 0.1) is 34.0 Å². The van der Waals surface area contributed by atoms with E-state index in [0.29, 0.717) is 18.7 Å². The van der Waals surface area contributed by atoms with Crippen molar-refractivity contribution in [1.82, 2.24) is 5.06 Å². The minimum atomic E-state index is -0.883. The Morgan fingerprint density at radius 2 is 1.87 bits per heavy atom. The largest absolute Gasteiger partial charge is 0.514 e. The predicted octanol–water partition coefficient (Wildman–Crippen LogP) is 2.02. The molecule has 0 aliphatic carbocycles. The van der Waals surface area contributed by atoms with Crippen molar-refractivity contribution < 1.29 is 33.4 Å². The van der Waals surface area contributed by atoms with E-state index in [9.17, 15) is 9.59 Å². The molecular weight excluding hydrogens is 306 g/mol. The van der Waals surface area contributed by atoms with E-state index in [1.54, 1.807) is 6.92 Å². The van der Waals surface area contributed by atoms with E-state index in [-0.39, 0.29) is 29.8 Å². The topological polar surface area (TPSA) is 83.5 Å². The summed E-state index contributed by atoms with van der Waals surface area (Å²) in [6.07, 6.45) is -0.101. The second kappa shape index (κ2) is 7.68. The number of rotatable bonds is 5. The van der Waals surface area contributed by atoms with Gasteiger partial charge >= 0.3 is 6.16 Å². The van der Waals surface area contributed by atoms with Crippen molar-refractivity contribution in [1.29, 1.82) is 0 Å². The Hall–Kier alpha value is -2.48. The summed E-state index contributed by atoms with van der Waals surface area (Å²) in [5.74, 6) is 0.0917. The van der Waals surface area contributed by atoms with Crippen LogP contribution in [-0.4, -0.2) is 51.1 Å². The molecule has 126 valence electrons. The molecule has 1 fully saturated rings. The zero-order chi connectivity index (χ0) is 16.8. The Bertz CT molecular complexity index is 556. The number of ether oxygens (including phenoxy) is 4. The molecule has 1 aliphatic heterocycles. The van der Waals surface area contributed by atoms with Crippen molar-refractivity contribution in [2.24, 2.45) is 0 Å². The molecule has 1 amide bonds. The van der Waals surface area contributed by atoms with E-state index in [4.69, 9.17) is 23.8 Å². The summed E-state index contributed by atoms with van der Waals surface area (Å²) in [4.78, 5) is 29.1. The molecule has 23 heavy (non-hydrogen) atoms. The van der Waals surface area contributed by atoms with Crippen LogP contribution in [0.1, 0.15) is 23.7 Å². The maximum Gasteiger partial charge on any atom is 0.514 e. The smallest absolute Gasteiger partial charge is 0.493 e. The molecule has 0 N–H and O–H groups in total. The Balaban J connectivity index is 2.33. The van der Waals surface area contributed by atoms with E-state index in [2.05, 4.69) is 0 Å². The Morgan fingerprint density at radius 3 is 2.35 bits per heavy atom. The predicted molar refractivity (Wildman–Crippen MR) is 78.8 cm³/mol. The summed E-state index contributed by atoms with van der Waals surface area (Å²) in [5, 5.41) is 1.28. The van der Waals surface area contributed by atoms with Crippen LogP contribution in [0.3, 0.4) is 0 Å². The van der Waals surface area contributed by atoms with Crippen molar-refractivity contribution in [2.75, 3.05) is 34.0 Å². The number of benzene rings is 1. The highest BCUT2D eigenvalue weighted by atomic mass is 16.7. The van der Waals surface area contributed by atoms with Gasteiger partial charge in [0.25, 0.3) is 5.91 Å². The number of amides is 1. The molecule has 0 bridgehead atoms. The maximum absolute atomic E-state index is 12.4. The number of hydrogen-bond donors (Lipinski definition) is 0. The molecule has 0 aromatic heterocycles. The first-order chi connectivity index (χ1) is 11.1. The van der Waals surface area contributed by atoms with Crippen LogP contribution in [0.4, 0.5) is 4.79 Å². The third kappa shape index (κ3) is 3.84. The van der Waals surface area contributed by atoms with E-state index in [0.717, 1.165) is 6.42 Å². The standard InChI is InChI=1S/C15H19NO7/c1-4-21-15(18)23-13-11(19-2)8-10(9-12(13)20-3)14(17)16-6-5-7-22-16/h8-9H,4-7H2,1-3H3. The van der Waals surface area contributed by atoms with Gasteiger partial charge in [-0.05, 0) is 25.5 Å². The van der Waals surface area contributed by atoms with Crippen molar-refractivity contribution in [2.45, 2.75) is 13.3 Å². The van der Waals surface area contributed by atoms with Gasteiger partial charge in [-0.25, -0.2) is 9.86 Å². The second-order valence-electron chi connectivity index (χ2n) is 4.59. The number of hydrogen-bond acceptors (Lipinski definition) is 7. The summed E-state index contributed by atoms with van der Waals surface area (Å²) in [7, 11) is 2.79. The van der Waals surface area contributed by atoms with Gasteiger partial charge in [-0.3, -0.25) is 9.63 Å². The lowest BCUT2D eigenvalue weighted by atomic mass is 10.1. The van der Waals surface area contributed by atoms with Crippen molar-refractivity contribution in [3.05, 3.63) is 17.7 Å².